The molecule has 2 N–H and O–H groups in total. The molecule has 2 aromatic rings. The summed E-state index contributed by atoms with van der Waals surface area (Å²) in [5.74, 6) is 2.05. The topological polar surface area (TPSA) is 92.5 Å². The zero-order valence-electron chi connectivity index (χ0n) is 18.0. The molecule has 0 unspecified atom stereocenters. The summed E-state index contributed by atoms with van der Waals surface area (Å²) in [5.41, 5.74) is 0.868. The van der Waals surface area contributed by atoms with Gasteiger partial charge in [0.2, 0.25) is 17.7 Å². The van der Waals surface area contributed by atoms with Gasteiger partial charge in [0.25, 0.3) is 0 Å². The molecule has 0 spiro atoms. The molecule has 1 saturated carbocycles. The Labute approximate surface area is 182 Å². The van der Waals surface area contributed by atoms with Crippen LogP contribution >= 0.6 is 0 Å². The zero-order valence-corrected chi connectivity index (χ0v) is 18.0. The van der Waals surface area contributed by atoms with E-state index in [9.17, 15) is 4.79 Å². The number of ether oxygens (including phenoxy) is 1. The molecule has 3 fully saturated rings. The minimum Gasteiger partial charge on any atom is -0.497 e. The van der Waals surface area contributed by atoms with Crippen LogP contribution in [0.15, 0.2) is 28.7 Å². The number of nitrogens with one attached hydrogen (secondary N) is 2. The van der Waals surface area contributed by atoms with Crippen molar-refractivity contribution in [3.63, 3.8) is 0 Å². The number of aromatic nitrogens is 2. The van der Waals surface area contributed by atoms with Crippen molar-refractivity contribution < 1.29 is 13.9 Å². The highest BCUT2D eigenvalue weighted by Crippen LogP contribution is 2.28. The van der Waals surface area contributed by atoms with Gasteiger partial charge in [-0.25, -0.2) is 0 Å². The van der Waals surface area contributed by atoms with E-state index in [-0.39, 0.29) is 18.0 Å². The predicted octanol–water partition coefficient (Wildman–Crippen LogP) is 2.15. The van der Waals surface area contributed by atoms with Gasteiger partial charge in [0, 0.05) is 43.2 Å². The SMILES string of the molecule is COc1ccc(-c2nnc(C[C@@H]3CNC(=O)[C@@H]4C[C@H](NC5CCCCC5)CN34)o2)cc1. The fourth-order valence-electron chi connectivity index (χ4n) is 5.28. The van der Waals surface area contributed by atoms with Crippen LogP contribution in [0.5, 0.6) is 5.75 Å². The highest BCUT2D eigenvalue weighted by molar-refractivity contribution is 5.83. The van der Waals surface area contributed by atoms with E-state index in [1.807, 2.05) is 24.3 Å². The van der Waals surface area contributed by atoms with Crippen LogP contribution in [-0.4, -0.2) is 65.4 Å². The van der Waals surface area contributed by atoms with Crippen molar-refractivity contribution >= 4 is 5.91 Å². The molecular formula is C23H31N5O3. The van der Waals surface area contributed by atoms with E-state index in [2.05, 4.69) is 25.7 Å². The summed E-state index contributed by atoms with van der Waals surface area (Å²) >= 11 is 0. The van der Waals surface area contributed by atoms with Gasteiger partial charge in [-0.2, -0.15) is 0 Å². The van der Waals surface area contributed by atoms with Crippen LogP contribution in [0.25, 0.3) is 11.5 Å². The van der Waals surface area contributed by atoms with E-state index in [0.717, 1.165) is 24.3 Å². The Morgan fingerprint density at radius 2 is 1.97 bits per heavy atom. The van der Waals surface area contributed by atoms with Crippen molar-refractivity contribution in [1.82, 2.24) is 25.7 Å². The summed E-state index contributed by atoms with van der Waals surface area (Å²) in [6.45, 7) is 1.52. The normalized spacial score (nSPS) is 27.1. The van der Waals surface area contributed by atoms with Gasteiger partial charge in [0.1, 0.15) is 5.75 Å². The van der Waals surface area contributed by atoms with Crippen LogP contribution in [0.1, 0.15) is 44.4 Å². The number of hydrogen-bond donors (Lipinski definition) is 2. The molecule has 31 heavy (non-hydrogen) atoms. The Bertz CT molecular complexity index is 893. The molecule has 8 heteroatoms. The lowest BCUT2D eigenvalue weighted by Crippen LogP contribution is -2.58. The maximum atomic E-state index is 12.5. The first-order valence-electron chi connectivity index (χ1n) is 11.5. The minimum absolute atomic E-state index is 0.0659. The number of hydrogen-bond acceptors (Lipinski definition) is 7. The van der Waals surface area contributed by atoms with Crippen molar-refractivity contribution in [2.24, 2.45) is 0 Å². The van der Waals surface area contributed by atoms with E-state index < -0.39 is 0 Å². The lowest BCUT2D eigenvalue weighted by molar-refractivity contribution is -0.129. The second-order valence-electron chi connectivity index (χ2n) is 8.98. The first-order chi connectivity index (χ1) is 15.2. The summed E-state index contributed by atoms with van der Waals surface area (Å²) in [6, 6.07) is 8.66. The Balaban J connectivity index is 1.24. The van der Waals surface area contributed by atoms with Gasteiger partial charge in [-0.05, 0) is 43.5 Å². The van der Waals surface area contributed by atoms with Crippen molar-refractivity contribution in [2.75, 3.05) is 20.2 Å². The number of piperazine rings is 1. The number of methoxy groups -OCH3 is 1. The largest absolute Gasteiger partial charge is 0.497 e. The number of amides is 1. The highest BCUT2D eigenvalue weighted by atomic mass is 16.5. The number of fused-ring (bicyclic) bond motifs is 1. The molecule has 1 aromatic carbocycles. The molecule has 3 atom stereocenters. The van der Waals surface area contributed by atoms with Crippen molar-refractivity contribution in [3.8, 4) is 17.2 Å². The fourth-order valence-corrected chi connectivity index (χ4v) is 5.28. The van der Waals surface area contributed by atoms with Crippen LogP contribution in [0.3, 0.4) is 0 Å². The monoisotopic (exact) mass is 425 g/mol. The smallest absolute Gasteiger partial charge is 0.247 e. The fraction of sp³-hybridized carbons (Fsp3) is 0.609. The molecule has 3 heterocycles. The first kappa shape index (κ1) is 20.5. The molecule has 3 aliphatic rings. The summed E-state index contributed by atoms with van der Waals surface area (Å²) in [4.78, 5) is 14.9. The third kappa shape index (κ3) is 4.45. The van der Waals surface area contributed by atoms with Crippen LogP contribution in [0.4, 0.5) is 0 Å². The van der Waals surface area contributed by atoms with E-state index in [0.29, 0.717) is 36.8 Å². The third-order valence-electron chi connectivity index (χ3n) is 6.91. The van der Waals surface area contributed by atoms with Gasteiger partial charge in [0.05, 0.1) is 13.2 Å². The van der Waals surface area contributed by atoms with Gasteiger partial charge in [-0.3, -0.25) is 9.69 Å². The average molecular weight is 426 g/mol. The average Bonchev–Trinajstić information content (AvgIpc) is 3.44. The molecular weight excluding hydrogens is 394 g/mol. The quantitative estimate of drug-likeness (QED) is 0.733. The van der Waals surface area contributed by atoms with E-state index >= 15 is 0 Å². The number of carbonyl (C=O) groups is 1. The predicted molar refractivity (Wildman–Crippen MR) is 116 cm³/mol. The summed E-state index contributed by atoms with van der Waals surface area (Å²) in [7, 11) is 1.64. The van der Waals surface area contributed by atoms with Gasteiger partial charge in [-0.15, -0.1) is 10.2 Å². The molecule has 0 bridgehead atoms. The van der Waals surface area contributed by atoms with E-state index in [1.54, 1.807) is 7.11 Å². The molecule has 0 radical (unpaired) electrons. The van der Waals surface area contributed by atoms with Crippen molar-refractivity contribution in [2.45, 2.75) is 69.1 Å². The van der Waals surface area contributed by atoms with Gasteiger partial charge < -0.3 is 19.8 Å². The Hall–Kier alpha value is -2.45. The molecule has 2 saturated heterocycles. The molecule has 5 rings (SSSR count). The number of rotatable bonds is 6. The molecule has 1 amide bonds. The third-order valence-corrected chi connectivity index (χ3v) is 6.91. The zero-order chi connectivity index (χ0) is 21.2. The lowest BCUT2D eigenvalue weighted by atomic mass is 9.94. The van der Waals surface area contributed by atoms with Crippen LogP contribution in [0.2, 0.25) is 0 Å². The van der Waals surface area contributed by atoms with Crippen molar-refractivity contribution in [3.05, 3.63) is 30.2 Å². The molecule has 1 aromatic heterocycles. The molecule has 2 aliphatic heterocycles. The van der Waals surface area contributed by atoms with Crippen molar-refractivity contribution in [1.29, 1.82) is 0 Å². The maximum absolute atomic E-state index is 12.5. The van der Waals surface area contributed by atoms with Crippen LogP contribution in [-0.2, 0) is 11.2 Å². The standard InChI is InChI=1S/C23H31N5O3/c1-30-19-9-7-15(8-10-19)23-27-26-21(31-23)12-18-13-24-22(29)20-11-17(14-28(18)20)25-16-5-3-2-4-6-16/h7-10,16-18,20,25H,2-6,11-14H2,1H3,(H,24,29)/t17-,18+,20-/m0/s1. The van der Waals surface area contributed by atoms with Crippen LogP contribution < -0.4 is 15.4 Å². The Kier molecular flexibility index (Phi) is 5.91. The maximum Gasteiger partial charge on any atom is 0.247 e. The second kappa shape index (κ2) is 8.96. The lowest BCUT2D eigenvalue weighted by Gasteiger charge is -2.36. The second-order valence-corrected chi connectivity index (χ2v) is 8.98. The molecule has 166 valence electrons. The number of benzene rings is 1. The minimum atomic E-state index is -0.0659. The summed E-state index contributed by atoms with van der Waals surface area (Å²) in [5, 5.41) is 15.4. The van der Waals surface area contributed by atoms with Gasteiger partial charge in [0.15, 0.2) is 0 Å². The van der Waals surface area contributed by atoms with E-state index in [1.165, 1.54) is 32.1 Å². The number of nitrogens with zero attached hydrogens (tertiary/aromatic N) is 3. The summed E-state index contributed by atoms with van der Waals surface area (Å²) < 4.78 is 11.2. The Morgan fingerprint density at radius 3 is 2.74 bits per heavy atom. The highest BCUT2D eigenvalue weighted by Gasteiger charge is 2.44. The van der Waals surface area contributed by atoms with Gasteiger partial charge in [-0.1, -0.05) is 19.3 Å². The molecule has 1 aliphatic carbocycles. The number of carbonyl (C=O) groups excluding carboxylic acids is 1. The van der Waals surface area contributed by atoms with Gasteiger partial charge >= 0.3 is 0 Å². The first-order valence-corrected chi connectivity index (χ1v) is 11.5. The van der Waals surface area contributed by atoms with E-state index in [4.69, 9.17) is 9.15 Å². The summed E-state index contributed by atoms with van der Waals surface area (Å²) in [6.07, 6.45) is 8.00. The molecule has 8 nitrogen and oxygen atoms in total. The van der Waals surface area contributed by atoms with Crippen LogP contribution in [0, 0.1) is 0 Å². The Morgan fingerprint density at radius 1 is 1.16 bits per heavy atom.